The number of rotatable bonds is 6. The molecule has 1 saturated heterocycles. The monoisotopic (exact) mass is 350 g/mol. The van der Waals surface area contributed by atoms with Crippen LogP contribution in [0.5, 0.6) is 0 Å². The van der Waals surface area contributed by atoms with Gasteiger partial charge in [0.05, 0.1) is 0 Å². The predicted octanol–water partition coefficient (Wildman–Crippen LogP) is 4.19. The first-order chi connectivity index (χ1) is 12.6. The predicted molar refractivity (Wildman–Crippen MR) is 104 cm³/mol. The van der Waals surface area contributed by atoms with Gasteiger partial charge in [-0.25, -0.2) is 0 Å². The molecule has 0 spiro atoms. The Labute approximate surface area is 155 Å². The number of nitrogens with one attached hydrogen (secondary N) is 1. The molecule has 0 unspecified atom stereocenters. The van der Waals surface area contributed by atoms with Gasteiger partial charge < -0.3 is 10.2 Å². The zero-order valence-electron chi connectivity index (χ0n) is 15.3. The molecule has 26 heavy (non-hydrogen) atoms. The smallest absolute Gasteiger partial charge is 0.253 e. The Hall–Kier alpha value is -2.62. The normalized spacial score (nSPS) is 13.7. The van der Waals surface area contributed by atoms with Crippen LogP contribution < -0.4 is 5.32 Å². The molecule has 1 fully saturated rings. The van der Waals surface area contributed by atoms with Crippen molar-refractivity contribution in [2.75, 3.05) is 18.4 Å². The van der Waals surface area contributed by atoms with E-state index in [0.717, 1.165) is 38.8 Å². The van der Waals surface area contributed by atoms with Crippen molar-refractivity contribution in [3.8, 4) is 0 Å². The third kappa shape index (κ3) is 4.72. The van der Waals surface area contributed by atoms with Gasteiger partial charge in [-0.3, -0.25) is 9.59 Å². The number of aryl methyl sites for hydroxylation is 2. The summed E-state index contributed by atoms with van der Waals surface area (Å²) < 4.78 is 0. The molecular weight excluding hydrogens is 324 g/mol. The molecule has 3 rings (SSSR count). The van der Waals surface area contributed by atoms with Crippen molar-refractivity contribution in [3.63, 3.8) is 0 Å². The molecule has 2 aromatic rings. The Bertz CT molecular complexity index is 779. The molecule has 1 heterocycles. The lowest BCUT2D eigenvalue weighted by Gasteiger charge is -2.15. The second-order valence-electron chi connectivity index (χ2n) is 6.91. The summed E-state index contributed by atoms with van der Waals surface area (Å²) in [5.41, 5.74) is 3.89. The third-order valence-corrected chi connectivity index (χ3v) is 4.90. The Morgan fingerprint density at radius 3 is 2.58 bits per heavy atom. The van der Waals surface area contributed by atoms with Gasteiger partial charge in [-0.1, -0.05) is 30.3 Å². The first kappa shape index (κ1) is 18.2. The van der Waals surface area contributed by atoms with Crippen LogP contribution in [0.25, 0.3) is 0 Å². The first-order valence-corrected chi connectivity index (χ1v) is 9.37. The highest BCUT2D eigenvalue weighted by Crippen LogP contribution is 2.17. The minimum atomic E-state index is -0.00986. The van der Waals surface area contributed by atoms with Crippen molar-refractivity contribution >= 4 is 17.5 Å². The lowest BCUT2D eigenvalue weighted by atomic mass is 10.0. The molecule has 2 amide bonds. The number of carbonyl (C=O) groups excluding carboxylic acids is 2. The molecule has 0 saturated carbocycles. The third-order valence-electron chi connectivity index (χ3n) is 4.90. The maximum absolute atomic E-state index is 12.5. The summed E-state index contributed by atoms with van der Waals surface area (Å²) in [5, 5.41) is 2.92. The zero-order chi connectivity index (χ0) is 18.4. The summed E-state index contributed by atoms with van der Waals surface area (Å²) in [5.74, 6) is 0.0440. The van der Waals surface area contributed by atoms with E-state index in [1.807, 2.05) is 35.2 Å². The number of hydrogen-bond acceptors (Lipinski definition) is 2. The van der Waals surface area contributed by atoms with Crippen LogP contribution in [-0.4, -0.2) is 29.8 Å². The van der Waals surface area contributed by atoms with Crippen molar-refractivity contribution in [1.82, 2.24) is 4.90 Å². The van der Waals surface area contributed by atoms with Gasteiger partial charge in [0.25, 0.3) is 5.91 Å². The standard InChI is InChI=1S/C22H26N2O2/c1-17-8-2-3-9-18(17)10-7-13-21(25)23-20-12-6-11-19(16-20)22(26)24-14-4-5-15-24/h2-3,6,8-9,11-12,16H,4-5,7,10,13-15H2,1H3,(H,23,25). The van der Waals surface area contributed by atoms with Gasteiger partial charge in [0, 0.05) is 30.8 Å². The van der Waals surface area contributed by atoms with Gasteiger partial charge in [-0.2, -0.15) is 0 Å². The molecule has 1 aliphatic heterocycles. The van der Waals surface area contributed by atoms with E-state index in [4.69, 9.17) is 0 Å². The quantitative estimate of drug-likeness (QED) is 0.849. The molecule has 136 valence electrons. The molecule has 1 N–H and O–H groups in total. The van der Waals surface area contributed by atoms with Gasteiger partial charge in [0.1, 0.15) is 0 Å². The van der Waals surface area contributed by atoms with E-state index in [9.17, 15) is 9.59 Å². The maximum atomic E-state index is 12.5. The van der Waals surface area contributed by atoms with Crippen molar-refractivity contribution in [2.24, 2.45) is 0 Å². The minimum absolute atomic E-state index is 0.00986. The lowest BCUT2D eigenvalue weighted by molar-refractivity contribution is -0.116. The number of anilines is 1. The van der Waals surface area contributed by atoms with E-state index in [0.29, 0.717) is 17.7 Å². The van der Waals surface area contributed by atoms with Crippen molar-refractivity contribution < 1.29 is 9.59 Å². The number of likely N-dealkylation sites (tertiary alicyclic amines) is 1. The van der Waals surface area contributed by atoms with Crippen LogP contribution in [0, 0.1) is 6.92 Å². The van der Waals surface area contributed by atoms with Gasteiger partial charge in [0.15, 0.2) is 0 Å². The number of hydrogen-bond donors (Lipinski definition) is 1. The molecule has 0 aromatic heterocycles. The second kappa shape index (κ2) is 8.65. The largest absolute Gasteiger partial charge is 0.339 e. The van der Waals surface area contributed by atoms with E-state index in [-0.39, 0.29) is 11.8 Å². The van der Waals surface area contributed by atoms with Crippen molar-refractivity contribution in [3.05, 3.63) is 65.2 Å². The van der Waals surface area contributed by atoms with Crippen LogP contribution in [-0.2, 0) is 11.2 Å². The fourth-order valence-corrected chi connectivity index (χ4v) is 3.39. The summed E-state index contributed by atoms with van der Waals surface area (Å²) in [6, 6.07) is 15.5. The zero-order valence-corrected chi connectivity index (χ0v) is 15.3. The van der Waals surface area contributed by atoms with Gasteiger partial charge in [-0.05, 0) is 61.9 Å². The molecule has 0 atom stereocenters. The van der Waals surface area contributed by atoms with E-state index in [1.54, 1.807) is 6.07 Å². The Morgan fingerprint density at radius 2 is 1.81 bits per heavy atom. The summed E-state index contributed by atoms with van der Waals surface area (Å²) in [7, 11) is 0. The number of nitrogens with zero attached hydrogens (tertiary/aromatic N) is 1. The molecule has 4 heteroatoms. The molecule has 0 radical (unpaired) electrons. The Morgan fingerprint density at radius 1 is 1.04 bits per heavy atom. The highest BCUT2D eigenvalue weighted by molar-refractivity contribution is 5.97. The molecule has 0 bridgehead atoms. The average molecular weight is 350 g/mol. The van der Waals surface area contributed by atoms with E-state index in [2.05, 4.69) is 24.4 Å². The molecule has 1 aliphatic rings. The van der Waals surface area contributed by atoms with Gasteiger partial charge in [0.2, 0.25) is 5.91 Å². The van der Waals surface area contributed by atoms with E-state index >= 15 is 0 Å². The average Bonchev–Trinajstić information content (AvgIpc) is 3.17. The second-order valence-corrected chi connectivity index (χ2v) is 6.91. The fraction of sp³-hybridized carbons (Fsp3) is 0.364. The highest BCUT2D eigenvalue weighted by atomic mass is 16.2. The van der Waals surface area contributed by atoms with E-state index < -0.39 is 0 Å². The number of carbonyl (C=O) groups is 2. The van der Waals surface area contributed by atoms with Gasteiger partial charge in [-0.15, -0.1) is 0 Å². The first-order valence-electron chi connectivity index (χ1n) is 9.37. The van der Waals surface area contributed by atoms with Crippen LogP contribution in [0.4, 0.5) is 5.69 Å². The van der Waals surface area contributed by atoms with Crippen molar-refractivity contribution in [2.45, 2.75) is 39.0 Å². The molecule has 0 aliphatic carbocycles. The Kier molecular flexibility index (Phi) is 6.05. The SMILES string of the molecule is Cc1ccccc1CCCC(=O)Nc1cccc(C(=O)N2CCCC2)c1. The van der Waals surface area contributed by atoms with Crippen LogP contribution in [0.1, 0.15) is 47.2 Å². The summed E-state index contributed by atoms with van der Waals surface area (Å²) >= 11 is 0. The van der Waals surface area contributed by atoms with E-state index in [1.165, 1.54) is 11.1 Å². The topological polar surface area (TPSA) is 49.4 Å². The lowest BCUT2D eigenvalue weighted by Crippen LogP contribution is -2.27. The minimum Gasteiger partial charge on any atom is -0.339 e. The number of benzene rings is 2. The fourth-order valence-electron chi connectivity index (χ4n) is 3.39. The van der Waals surface area contributed by atoms with Crippen LogP contribution in [0.15, 0.2) is 48.5 Å². The Balaban J connectivity index is 1.52. The summed E-state index contributed by atoms with van der Waals surface area (Å²) in [4.78, 5) is 26.6. The summed E-state index contributed by atoms with van der Waals surface area (Å²) in [6.45, 7) is 3.75. The van der Waals surface area contributed by atoms with Crippen LogP contribution >= 0.6 is 0 Å². The highest BCUT2D eigenvalue weighted by Gasteiger charge is 2.19. The van der Waals surface area contributed by atoms with Gasteiger partial charge >= 0.3 is 0 Å². The molecule has 2 aromatic carbocycles. The maximum Gasteiger partial charge on any atom is 0.253 e. The van der Waals surface area contributed by atoms with Crippen molar-refractivity contribution in [1.29, 1.82) is 0 Å². The summed E-state index contributed by atoms with van der Waals surface area (Å²) in [6.07, 6.45) is 4.32. The molecule has 4 nitrogen and oxygen atoms in total. The number of amides is 2. The molecular formula is C22H26N2O2. The van der Waals surface area contributed by atoms with Crippen LogP contribution in [0.2, 0.25) is 0 Å². The van der Waals surface area contributed by atoms with Crippen LogP contribution in [0.3, 0.4) is 0 Å².